The minimum absolute atomic E-state index is 0.819. The van der Waals surface area contributed by atoms with Crippen molar-refractivity contribution in [2.45, 2.75) is 90.5 Å². The van der Waals surface area contributed by atoms with Gasteiger partial charge in [0.2, 0.25) is 0 Å². The van der Waals surface area contributed by atoms with E-state index in [2.05, 4.69) is 19.2 Å². The molecule has 0 aromatic carbocycles. The molecule has 17 heavy (non-hydrogen) atoms. The largest absolute Gasteiger partial charge is 0.314 e. The maximum Gasteiger partial charge on any atom is 0.00953 e. The highest BCUT2D eigenvalue weighted by Crippen LogP contribution is 2.27. The van der Waals surface area contributed by atoms with Crippen LogP contribution in [0.25, 0.3) is 0 Å². The van der Waals surface area contributed by atoms with Gasteiger partial charge in [-0.25, -0.2) is 0 Å². The van der Waals surface area contributed by atoms with Crippen molar-refractivity contribution in [2.75, 3.05) is 6.54 Å². The summed E-state index contributed by atoms with van der Waals surface area (Å²) in [7, 11) is 0. The number of unbranched alkanes of at least 4 members (excludes halogenated alkanes) is 2. The lowest BCUT2D eigenvalue weighted by atomic mass is 9.88. The first-order valence-corrected chi connectivity index (χ1v) is 8.11. The van der Waals surface area contributed by atoms with Crippen molar-refractivity contribution in [3.8, 4) is 0 Å². The third-order valence-electron chi connectivity index (χ3n) is 4.24. The number of rotatable bonds is 8. The number of hydrogen-bond donors (Lipinski definition) is 1. The highest BCUT2D eigenvalue weighted by Gasteiger charge is 2.21. The molecule has 0 radical (unpaired) electrons. The minimum Gasteiger partial charge on any atom is -0.314 e. The highest BCUT2D eigenvalue weighted by molar-refractivity contribution is 4.78. The lowest BCUT2D eigenvalue weighted by Gasteiger charge is -2.27. The summed E-state index contributed by atoms with van der Waals surface area (Å²) in [6.07, 6.45) is 15.7. The molecule has 1 N–H and O–H groups in total. The van der Waals surface area contributed by atoms with Crippen LogP contribution < -0.4 is 5.32 Å². The Bertz CT molecular complexity index is 159. The first kappa shape index (κ1) is 15.0. The zero-order chi connectivity index (χ0) is 12.3. The van der Waals surface area contributed by atoms with Crippen molar-refractivity contribution >= 4 is 0 Å². The topological polar surface area (TPSA) is 12.0 Å². The summed E-state index contributed by atoms with van der Waals surface area (Å²) in [6.45, 7) is 5.80. The lowest BCUT2D eigenvalue weighted by Crippen LogP contribution is -2.36. The van der Waals surface area contributed by atoms with Gasteiger partial charge < -0.3 is 5.32 Å². The molecule has 102 valence electrons. The van der Waals surface area contributed by atoms with Crippen molar-refractivity contribution in [3.05, 3.63) is 0 Å². The van der Waals surface area contributed by atoms with Crippen molar-refractivity contribution in [2.24, 2.45) is 5.92 Å². The van der Waals surface area contributed by atoms with Gasteiger partial charge in [-0.2, -0.15) is 0 Å². The summed E-state index contributed by atoms with van der Waals surface area (Å²) in [5, 5.41) is 3.83. The van der Waals surface area contributed by atoms with E-state index < -0.39 is 0 Å². The van der Waals surface area contributed by atoms with Gasteiger partial charge in [-0.3, -0.25) is 0 Å². The molecule has 1 rings (SSSR count). The van der Waals surface area contributed by atoms with Crippen molar-refractivity contribution < 1.29 is 0 Å². The van der Waals surface area contributed by atoms with E-state index >= 15 is 0 Å². The number of hydrogen-bond acceptors (Lipinski definition) is 1. The average Bonchev–Trinajstić information content (AvgIpc) is 2.62. The third-order valence-corrected chi connectivity index (χ3v) is 4.24. The second-order valence-corrected chi connectivity index (χ2v) is 5.81. The van der Waals surface area contributed by atoms with Gasteiger partial charge in [-0.15, -0.1) is 0 Å². The van der Waals surface area contributed by atoms with Crippen molar-refractivity contribution in [1.82, 2.24) is 5.32 Å². The second kappa shape index (κ2) is 9.94. The molecule has 1 atom stereocenters. The van der Waals surface area contributed by atoms with Crippen LogP contribution in [0, 0.1) is 5.92 Å². The molecule has 0 bridgehead atoms. The molecule has 0 aromatic heterocycles. The van der Waals surface area contributed by atoms with Gasteiger partial charge in [0.25, 0.3) is 0 Å². The summed E-state index contributed by atoms with van der Waals surface area (Å²) in [4.78, 5) is 0. The standard InChI is InChI=1S/C16H33N/c1-3-5-8-13-16(17-14-4-2)15-11-9-6-7-10-12-15/h15-17H,3-14H2,1-2H3. The molecule has 1 fully saturated rings. The molecule has 1 aliphatic rings. The van der Waals surface area contributed by atoms with Crippen LogP contribution in [0.15, 0.2) is 0 Å². The summed E-state index contributed by atoms with van der Waals surface area (Å²) in [5.41, 5.74) is 0. The molecule has 0 saturated heterocycles. The zero-order valence-corrected chi connectivity index (χ0v) is 12.1. The molecule has 0 aliphatic heterocycles. The van der Waals surface area contributed by atoms with Gasteiger partial charge in [-0.1, -0.05) is 58.8 Å². The van der Waals surface area contributed by atoms with Gasteiger partial charge in [-0.05, 0) is 38.1 Å². The molecular weight excluding hydrogens is 206 g/mol. The first-order valence-electron chi connectivity index (χ1n) is 8.11. The minimum atomic E-state index is 0.819. The monoisotopic (exact) mass is 239 g/mol. The molecule has 1 heteroatoms. The van der Waals surface area contributed by atoms with E-state index in [-0.39, 0.29) is 0 Å². The van der Waals surface area contributed by atoms with Crippen LogP contribution in [0.4, 0.5) is 0 Å². The molecule has 0 heterocycles. The lowest BCUT2D eigenvalue weighted by molar-refractivity contribution is 0.298. The summed E-state index contributed by atoms with van der Waals surface area (Å²) in [5.74, 6) is 0.973. The fourth-order valence-corrected chi connectivity index (χ4v) is 3.16. The van der Waals surface area contributed by atoms with Crippen LogP contribution in [0.5, 0.6) is 0 Å². The molecule has 0 amide bonds. The van der Waals surface area contributed by atoms with Crippen molar-refractivity contribution in [3.63, 3.8) is 0 Å². The van der Waals surface area contributed by atoms with Crippen molar-refractivity contribution in [1.29, 1.82) is 0 Å². The SMILES string of the molecule is CCCCCC(NCCC)C1CCCCCC1. The van der Waals surface area contributed by atoms with E-state index in [9.17, 15) is 0 Å². The maximum atomic E-state index is 3.83. The van der Waals surface area contributed by atoms with E-state index in [1.165, 1.54) is 77.2 Å². The Labute approximate surface area is 109 Å². The quantitative estimate of drug-likeness (QED) is 0.469. The van der Waals surface area contributed by atoms with E-state index in [0.29, 0.717) is 0 Å². The molecule has 1 saturated carbocycles. The van der Waals surface area contributed by atoms with E-state index in [1.807, 2.05) is 0 Å². The van der Waals surface area contributed by atoms with E-state index in [4.69, 9.17) is 0 Å². The molecule has 0 aromatic rings. The van der Waals surface area contributed by atoms with Crippen LogP contribution in [0.3, 0.4) is 0 Å². The van der Waals surface area contributed by atoms with Crippen LogP contribution in [0.1, 0.15) is 84.5 Å². The van der Waals surface area contributed by atoms with E-state index in [1.54, 1.807) is 0 Å². The van der Waals surface area contributed by atoms with Gasteiger partial charge in [0, 0.05) is 6.04 Å². The van der Waals surface area contributed by atoms with Gasteiger partial charge in [0.15, 0.2) is 0 Å². The van der Waals surface area contributed by atoms with Gasteiger partial charge in [0.1, 0.15) is 0 Å². The smallest absolute Gasteiger partial charge is 0.00953 e. The molecular formula is C16H33N. The molecule has 1 unspecified atom stereocenters. The Morgan fingerprint density at radius 3 is 2.24 bits per heavy atom. The third kappa shape index (κ3) is 6.45. The summed E-state index contributed by atoms with van der Waals surface area (Å²) < 4.78 is 0. The Morgan fingerprint density at radius 1 is 0.941 bits per heavy atom. The fourth-order valence-electron chi connectivity index (χ4n) is 3.16. The van der Waals surface area contributed by atoms with Crippen LogP contribution in [-0.4, -0.2) is 12.6 Å². The normalized spacial score (nSPS) is 20.1. The maximum absolute atomic E-state index is 3.83. The molecule has 1 aliphatic carbocycles. The first-order chi connectivity index (χ1) is 8.38. The average molecular weight is 239 g/mol. The molecule has 1 nitrogen and oxygen atoms in total. The summed E-state index contributed by atoms with van der Waals surface area (Å²) >= 11 is 0. The fraction of sp³-hybridized carbons (Fsp3) is 1.00. The van der Waals surface area contributed by atoms with Crippen LogP contribution in [-0.2, 0) is 0 Å². The number of nitrogens with one attached hydrogen (secondary N) is 1. The van der Waals surface area contributed by atoms with Crippen LogP contribution in [0.2, 0.25) is 0 Å². The van der Waals surface area contributed by atoms with E-state index in [0.717, 1.165) is 12.0 Å². The highest BCUT2D eigenvalue weighted by atomic mass is 14.9. The predicted molar refractivity (Wildman–Crippen MR) is 77.4 cm³/mol. The van der Waals surface area contributed by atoms with Gasteiger partial charge in [0.05, 0.1) is 0 Å². The summed E-state index contributed by atoms with van der Waals surface area (Å²) in [6, 6.07) is 0.819. The Kier molecular flexibility index (Phi) is 8.78. The Balaban J connectivity index is 2.35. The van der Waals surface area contributed by atoms with Gasteiger partial charge >= 0.3 is 0 Å². The second-order valence-electron chi connectivity index (χ2n) is 5.81. The zero-order valence-electron chi connectivity index (χ0n) is 12.1. The molecule has 0 spiro atoms. The predicted octanol–water partition coefficient (Wildman–Crippen LogP) is 4.91. The van der Waals surface area contributed by atoms with Crippen LogP contribution >= 0.6 is 0 Å². The Hall–Kier alpha value is -0.0400. The Morgan fingerprint density at radius 2 is 1.65 bits per heavy atom.